The Bertz CT molecular complexity index is 920. The summed E-state index contributed by atoms with van der Waals surface area (Å²) in [6.45, 7) is 2.96. The van der Waals surface area contributed by atoms with Crippen molar-refractivity contribution in [3.63, 3.8) is 0 Å². The SMILES string of the molecule is O=C(c1cccc2nccnc12)N1CCC2(CCCN(CC3CCC3)C2=O)C1. The molecular weight excluding hydrogens is 352 g/mol. The third-order valence-electron chi connectivity index (χ3n) is 6.90. The number of benzene rings is 1. The third kappa shape index (κ3) is 2.86. The molecule has 1 unspecified atom stereocenters. The molecular formula is C22H26N4O2. The molecule has 6 nitrogen and oxygen atoms in total. The maximum atomic E-state index is 13.3. The predicted molar refractivity (Wildman–Crippen MR) is 106 cm³/mol. The van der Waals surface area contributed by atoms with Gasteiger partial charge in [0.15, 0.2) is 0 Å². The van der Waals surface area contributed by atoms with Crippen LogP contribution in [0, 0.1) is 11.3 Å². The Morgan fingerprint density at radius 2 is 1.96 bits per heavy atom. The summed E-state index contributed by atoms with van der Waals surface area (Å²) >= 11 is 0. The van der Waals surface area contributed by atoms with Gasteiger partial charge in [-0.05, 0) is 50.2 Å². The monoisotopic (exact) mass is 378 g/mol. The minimum absolute atomic E-state index is 0.0353. The molecule has 0 radical (unpaired) electrons. The number of fused-ring (bicyclic) bond motifs is 1. The molecule has 0 bridgehead atoms. The van der Waals surface area contributed by atoms with Gasteiger partial charge < -0.3 is 9.80 Å². The summed E-state index contributed by atoms with van der Waals surface area (Å²) < 4.78 is 0. The van der Waals surface area contributed by atoms with Gasteiger partial charge in [0.05, 0.1) is 16.5 Å². The normalized spacial score (nSPS) is 25.5. The summed E-state index contributed by atoms with van der Waals surface area (Å²) in [6, 6.07) is 5.53. The molecule has 1 aliphatic carbocycles. The van der Waals surface area contributed by atoms with Crippen LogP contribution in [0.1, 0.15) is 48.9 Å². The van der Waals surface area contributed by atoms with Crippen LogP contribution in [0.15, 0.2) is 30.6 Å². The van der Waals surface area contributed by atoms with Crippen LogP contribution in [-0.2, 0) is 4.79 Å². The van der Waals surface area contributed by atoms with Gasteiger partial charge in [0.1, 0.15) is 5.52 Å². The molecule has 2 aliphatic heterocycles. The van der Waals surface area contributed by atoms with E-state index in [1.54, 1.807) is 12.4 Å². The van der Waals surface area contributed by atoms with Gasteiger partial charge in [0, 0.05) is 38.6 Å². The lowest BCUT2D eigenvalue weighted by atomic mass is 9.77. The first-order valence-electron chi connectivity index (χ1n) is 10.4. The highest BCUT2D eigenvalue weighted by atomic mass is 16.2. The smallest absolute Gasteiger partial charge is 0.256 e. The molecule has 2 amide bonds. The fraction of sp³-hybridized carbons (Fsp3) is 0.545. The van der Waals surface area contributed by atoms with Crippen LogP contribution >= 0.6 is 0 Å². The Morgan fingerprint density at radius 3 is 2.79 bits per heavy atom. The first kappa shape index (κ1) is 17.6. The van der Waals surface area contributed by atoms with Crippen molar-refractivity contribution in [3.05, 3.63) is 36.2 Å². The average molecular weight is 378 g/mol. The molecule has 28 heavy (non-hydrogen) atoms. The van der Waals surface area contributed by atoms with E-state index in [2.05, 4.69) is 14.9 Å². The number of nitrogens with zero attached hydrogens (tertiary/aromatic N) is 4. The molecule has 1 aromatic carbocycles. The van der Waals surface area contributed by atoms with Gasteiger partial charge in [-0.2, -0.15) is 0 Å². The number of hydrogen-bond donors (Lipinski definition) is 0. The van der Waals surface area contributed by atoms with Crippen LogP contribution in [0.3, 0.4) is 0 Å². The summed E-state index contributed by atoms with van der Waals surface area (Å²) in [6.07, 6.45) is 9.77. The van der Waals surface area contributed by atoms with Crippen molar-refractivity contribution in [3.8, 4) is 0 Å². The molecule has 2 aromatic rings. The maximum absolute atomic E-state index is 13.3. The average Bonchev–Trinajstić information content (AvgIpc) is 3.12. The number of piperidine rings is 1. The van der Waals surface area contributed by atoms with Crippen molar-refractivity contribution in [2.75, 3.05) is 26.2 Å². The van der Waals surface area contributed by atoms with E-state index in [-0.39, 0.29) is 17.2 Å². The van der Waals surface area contributed by atoms with Gasteiger partial charge in [0.2, 0.25) is 5.91 Å². The summed E-state index contributed by atoms with van der Waals surface area (Å²) in [4.78, 5) is 39.2. The second kappa shape index (κ2) is 6.83. The van der Waals surface area contributed by atoms with Gasteiger partial charge in [-0.25, -0.2) is 0 Å². The van der Waals surface area contributed by atoms with Crippen molar-refractivity contribution < 1.29 is 9.59 Å². The zero-order valence-corrected chi connectivity index (χ0v) is 16.1. The fourth-order valence-electron chi connectivity index (χ4n) is 5.07. The molecule has 1 atom stereocenters. The van der Waals surface area contributed by atoms with Crippen LogP contribution in [0.2, 0.25) is 0 Å². The highest BCUT2D eigenvalue weighted by Gasteiger charge is 2.49. The van der Waals surface area contributed by atoms with Crippen LogP contribution < -0.4 is 0 Å². The van der Waals surface area contributed by atoms with E-state index in [1.165, 1.54) is 19.3 Å². The van der Waals surface area contributed by atoms with E-state index in [4.69, 9.17) is 0 Å². The number of hydrogen-bond acceptors (Lipinski definition) is 4. The lowest BCUT2D eigenvalue weighted by Crippen LogP contribution is -2.52. The highest BCUT2D eigenvalue weighted by molar-refractivity contribution is 6.05. The number of carbonyl (C=O) groups is 2. The maximum Gasteiger partial charge on any atom is 0.256 e. The van der Waals surface area contributed by atoms with E-state index < -0.39 is 0 Å². The van der Waals surface area contributed by atoms with Gasteiger partial charge >= 0.3 is 0 Å². The molecule has 2 saturated heterocycles. The molecule has 3 aliphatic rings. The molecule has 6 heteroatoms. The number of likely N-dealkylation sites (tertiary alicyclic amines) is 2. The standard InChI is InChI=1S/C22H26N4O2/c27-20(17-6-2-7-18-19(17)24-11-10-23-18)26-13-9-22(15-26)8-3-12-25(21(22)28)14-16-4-1-5-16/h2,6-7,10-11,16H,1,3-5,8-9,12-15H2. The highest BCUT2D eigenvalue weighted by Crippen LogP contribution is 2.41. The van der Waals surface area contributed by atoms with E-state index in [0.717, 1.165) is 37.9 Å². The van der Waals surface area contributed by atoms with Gasteiger partial charge in [0.25, 0.3) is 5.91 Å². The molecule has 1 saturated carbocycles. The summed E-state index contributed by atoms with van der Waals surface area (Å²) in [5.41, 5.74) is 1.56. The molecule has 1 aromatic heterocycles. The largest absolute Gasteiger partial charge is 0.342 e. The molecule has 5 rings (SSSR count). The second-order valence-electron chi connectivity index (χ2n) is 8.64. The number of rotatable bonds is 3. The summed E-state index contributed by atoms with van der Waals surface area (Å²) in [5.74, 6) is 0.929. The van der Waals surface area contributed by atoms with Crippen molar-refractivity contribution >= 4 is 22.8 Å². The number of amides is 2. The lowest BCUT2D eigenvalue weighted by molar-refractivity contribution is -0.146. The number of para-hydroxylation sites is 1. The topological polar surface area (TPSA) is 66.4 Å². The third-order valence-corrected chi connectivity index (χ3v) is 6.90. The molecule has 1 spiro atoms. The Kier molecular flexibility index (Phi) is 4.29. The fourth-order valence-corrected chi connectivity index (χ4v) is 5.07. The Morgan fingerprint density at radius 1 is 1.11 bits per heavy atom. The lowest BCUT2D eigenvalue weighted by Gasteiger charge is -2.42. The van der Waals surface area contributed by atoms with E-state index in [9.17, 15) is 9.59 Å². The number of carbonyl (C=O) groups excluding carboxylic acids is 2. The minimum Gasteiger partial charge on any atom is -0.342 e. The predicted octanol–water partition coefficient (Wildman–Crippen LogP) is 2.88. The van der Waals surface area contributed by atoms with Crippen molar-refractivity contribution in [1.82, 2.24) is 19.8 Å². The zero-order valence-electron chi connectivity index (χ0n) is 16.1. The molecule has 0 N–H and O–H groups in total. The van der Waals surface area contributed by atoms with Crippen molar-refractivity contribution in [2.45, 2.75) is 38.5 Å². The van der Waals surface area contributed by atoms with Gasteiger partial charge in [-0.3, -0.25) is 19.6 Å². The summed E-state index contributed by atoms with van der Waals surface area (Å²) in [7, 11) is 0. The van der Waals surface area contributed by atoms with E-state index >= 15 is 0 Å². The van der Waals surface area contributed by atoms with Crippen molar-refractivity contribution in [2.24, 2.45) is 11.3 Å². The Labute approximate surface area is 164 Å². The first-order valence-corrected chi connectivity index (χ1v) is 10.4. The molecule has 146 valence electrons. The van der Waals surface area contributed by atoms with Gasteiger partial charge in [-0.1, -0.05) is 12.5 Å². The van der Waals surface area contributed by atoms with Gasteiger partial charge in [-0.15, -0.1) is 0 Å². The van der Waals surface area contributed by atoms with Crippen LogP contribution in [-0.4, -0.2) is 57.8 Å². The Balaban J connectivity index is 1.36. The minimum atomic E-state index is -0.381. The van der Waals surface area contributed by atoms with Crippen LogP contribution in [0.4, 0.5) is 0 Å². The van der Waals surface area contributed by atoms with Crippen LogP contribution in [0.5, 0.6) is 0 Å². The quantitative estimate of drug-likeness (QED) is 0.824. The zero-order chi connectivity index (χ0) is 19.1. The summed E-state index contributed by atoms with van der Waals surface area (Å²) in [5, 5.41) is 0. The molecule has 3 heterocycles. The van der Waals surface area contributed by atoms with E-state index in [1.807, 2.05) is 23.1 Å². The van der Waals surface area contributed by atoms with Crippen molar-refractivity contribution in [1.29, 1.82) is 0 Å². The van der Waals surface area contributed by atoms with E-state index in [0.29, 0.717) is 30.1 Å². The second-order valence-corrected chi connectivity index (χ2v) is 8.64. The first-order chi connectivity index (χ1) is 13.7. The Hall–Kier alpha value is -2.50. The van der Waals surface area contributed by atoms with Crippen LogP contribution in [0.25, 0.3) is 11.0 Å². The number of aromatic nitrogens is 2. The molecule has 3 fully saturated rings.